The van der Waals surface area contributed by atoms with Crippen molar-refractivity contribution in [3.63, 3.8) is 0 Å². The van der Waals surface area contributed by atoms with Gasteiger partial charge in [0.2, 0.25) is 0 Å². The average molecular weight is 359 g/mol. The third kappa shape index (κ3) is 3.69. The van der Waals surface area contributed by atoms with Gasteiger partial charge in [-0.2, -0.15) is 0 Å². The van der Waals surface area contributed by atoms with Crippen LogP contribution in [0.3, 0.4) is 0 Å². The second-order valence-corrected chi connectivity index (χ2v) is 7.38. The lowest BCUT2D eigenvalue weighted by molar-refractivity contribution is -0.104. The molecule has 0 aromatic heterocycles. The van der Waals surface area contributed by atoms with Gasteiger partial charge in [0.05, 0.1) is 5.41 Å². The van der Waals surface area contributed by atoms with E-state index in [1.54, 1.807) is 11.6 Å². The Labute approximate surface area is 163 Å². The number of carbonyl (C=O) groups excluding carboxylic acids is 1. The topological polar surface area (TPSA) is 17.1 Å². The van der Waals surface area contributed by atoms with Crippen molar-refractivity contribution in [1.82, 2.24) is 0 Å². The van der Waals surface area contributed by atoms with Crippen LogP contribution in [0.15, 0.2) is 83.5 Å². The highest BCUT2D eigenvalue weighted by atomic mass is 16.1. The normalized spacial score (nSPS) is 16.4. The van der Waals surface area contributed by atoms with Gasteiger partial charge >= 0.3 is 0 Å². The van der Waals surface area contributed by atoms with E-state index in [-0.39, 0.29) is 5.41 Å². The molecule has 0 aliphatic heterocycles. The number of carbonyl (C=O) groups is 1. The standard InChI is InChI=1S/C26H30O/c1-3-5-13-21(14-6-4-2)25-24(19-20-27)26(25,22-15-9-7-10-16-22)23-17-11-8-12-18-23/h7-12,15-20H,3-6,13-14H2,1-2H3/b24-19-. The minimum atomic E-state index is -0.250. The van der Waals surface area contributed by atoms with Crippen LogP contribution in [-0.4, -0.2) is 6.29 Å². The molecule has 1 aliphatic rings. The Morgan fingerprint density at radius 1 is 0.815 bits per heavy atom. The fourth-order valence-corrected chi connectivity index (χ4v) is 4.33. The van der Waals surface area contributed by atoms with E-state index < -0.39 is 0 Å². The Bertz CT molecular complexity index is 762. The van der Waals surface area contributed by atoms with Gasteiger partial charge in [0.25, 0.3) is 0 Å². The van der Waals surface area contributed by atoms with Crippen LogP contribution in [0.5, 0.6) is 0 Å². The van der Waals surface area contributed by atoms with Gasteiger partial charge in [0, 0.05) is 0 Å². The molecule has 0 spiro atoms. The molecule has 0 unspecified atom stereocenters. The van der Waals surface area contributed by atoms with Crippen molar-refractivity contribution in [2.45, 2.75) is 57.8 Å². The first-order valence-corrected chi connectivity index (χ1v) is 10.3. The predicted molar refractivity (Wildman–Crippen MR) is 114 cm³/mol. The Morgan fingerprint density at radius 3 is 1.70 bits per heavy atom. The first-order chi connectivity index (χ1) is 13.3. The Balaban J connectivity index is 2.23. The summed E-state index contributed by atoms with van der Waals surface area (Å²) in [5.41, 5.74) is 6.42. The molecule has 0 saturated heterocycles. The molecule has 1 saturated carbocycles. The Kier molecular flexibility index (Phi) is 6.45. The van der Waals surface area contributed by atoms with Gasteiger partial charge in [-0.3, -0.25) is 4.79 Å². The van der Waals surface area contributed by atoms with Gasteiger partial charge in [-0.05, 0) is 54.0 Å². The number of hydrogen-bond acceptors (Lipinski definition) is 1. The zero-order valence-corrected chi connectivity index (χ0v) is 16.6. The summed E-state index contributed by atoms with van der Waals surface area (Å²) < 4.78 is 0. The maximum Gasteiger partial charge on any atom is 0.143 e. The van der Waals surface area contributed by atoms with Crippen molar-refractivity contribution < 1.29 is 4.79 Å². The van der Waals surface area contributed by atoms with Crippen LogP contribution in [0.2, 0.25) is 0 Å². The van der Waals surface area contributed by atoms with E-state index in [2.05, 4.69) is 74.5 Å². The van der Waals surface area contributed by atoms with E-state index in [9.17, 15) is 4.79 Å². The van der Waals surface area contributed by atoms with E-state index in [1.807, 2.05) is 0 Å². The molecule has 140 valence electrons. The first-order valence-electron chi connectivity index (χ1n) is 10.3. The summed E-state index contributed by atoms with van der Waals surface area (Å²) in [4.78, 5) is 11.5. The second kappa shape index (κ2) is 8.99. The molecule has 2 aromatic rings. The zero-order chi connectivity index (χ0) is 19.1. The summed E-state index contributed by atoms with van der Waals surface area (Å²) in [5.74, 6) is 0. The summed E-state index contributed by atoms with van der Waals surface area (Å²) in [6.45, 7) is 4.50. The van der Waals surface area contributed by atoms with Gasteiger partial charge in [-0.15, -0.1) is 0 Å². The molecule has 0 radical (unpaired) electrons. The van der Waals surface area contributed by atoms with Crippen molar-refractivity contribution in [2.75, 3.05) is 0 Å². The molecule has 3 rings (SSSR count). The lowest BCUT2D eigenvalue weighted by Gasteiger charge is -2.17. The van der Waals surface area contributed by atoms with Crippen molar-refractivity contribution in [3.8, 4) is 0 Å². The SMILES string of the molecule is CCCCC(CCCC)=C1/C(=C/C=O)C1(c1ccccc1)c1ccccc1. The summed E-state index contributed by atoms with van der Waals surface area (Å²) in [6.07, 6.45) is 9.81. The van der Waals surface area contributed by atoms with Crippen LogP contribution in [0.1, 0.15) is 63.5 Å². The Morgan fingerprint density at radius 2 is 1.30 bits per heavy atom. The van der Waals surface area contributed by atoms with E-state index in [0.717, 1.165) is 19.1 Å². The number of hydrogen-bond donors (Lipinski definition) is 0. The molecule has 1 aliphatic carbocycles. The first kappa shape index (κ1) is 19.4. The molecule has 0 atom stereocenters. The third-order valence-corrected chi connectivity index (χ3v) is 5.65. The van der Waals surface area contributed by atoms with Gasteiger partial charge in [0.15, 0.2) is 0 Å². The van der Waals surface area contributed by atoms with Crippen molar-refractivity contribution in [1.29, 1.82) is 0 Å². The molecule has 1 fully saturated rings. The molecule has 2 aromatic carbocycles. The maximum atomic E-state index is 11.5. The molecule has 27 heavy (non-hydrogen) atoms. The number of benzene rings is 2. The van der Waals surface area contributed by atoms with Crippen LogP contribution < -0.4 is 0 Å². The smallest absolute Gasteiger partial charge is 0.143 e. The average Bonchev–Trinajstić information content (AvgIpc) is 3.39. The molecule has 0 amide bonds. The van der Waals surface area contributed by atoms with Crippen LogP contribution in [0.4, 0.5) is 0 Å². The highest BCUT2D eigenvalue weighted by Gasteiger charge is 2.58. The van der Waals surface area contributed by atoms with Crippen molar-refractivity contribution in [3.05, 3.63) is 94.6 Å². The maximum absolute atomic E-state index is 11.5. The van der Waals surface area contributed by atoms with Crippen LogP contribution in [0.25, 0.3) is 0 Å². The van der Waals surface area contributed by atoms with Gasteiger partial charge < -0.3 is 0 Å². The van der Waals surface area contributed by atoms with Crippen LogP contribution in [0, 0.1) is 0 Å². The lowest BCUT2D eigenvalue weighted by atomic mass is 9.84. The number of unbranched alkanes of at least 4 members (excludes halogenated alkanes) is 2. The lowest BCUT2D eigenvalue weighted by Crippen LogP contribution is -2.10. The second-order valence-electron chi connectivity index (χ2n) is 7.38. The molecular weight excluding hydrogens is 328 g/mol. The van der Waals surface area contributed by atoms with Crippen LogP contribution >= 0.6 is 0 Å². The van der Waals surface area contributed by atoms with E-state index in [0.29, 0.717) is 0 Å². The largest absolute Gasteiger partial charge is 0.299 e. The summed E-state index contributed by atoms with van der Waals surface area (Å²) in [5, 5.41) is 0. The highest BCUT2D eigenvalue weighted by Crippen LogP contribution is 2.65. The molecule has 0 heterocycles. The number of rotatable bonds is 9. The summed E-state index contributed by atoms with van der Waals surface area (Å²) in [7, 11) is 0. The summed E-state index contributed by atoms with van der Waals surface area (Å²) in [6, 6.07) is 21.4. The molecular formula is C26H30O. The molecule has 0 bridgehead atoms. The van der Waals surface area contributed by atoms with Gasteiger partial charge in [-0.1, -0.05) is 92.9 Å². The molecule has 1 nitrogen and oxygen atoms in total. The van der Waals surface area contributed by atoms with Crippen molar-refractivity contribution in [2.24, 2.45) is 0 Å². The quantitative estimate of drug-likeness (QED) is 0.356. The van der Waals surface area contributed by atoms with E-state index in [1.165, 1.54) is 48.0 Å². The Hall–Kier alpha value is -2.41. The summed E-state index contributed by atoms with van der Waals surface area (Å²) >= 11 is 0. The minimum Gasteiger partial charge on any atom is -0.299 e. The third-order valence-electron chi connectivity index (χ3n) is 5.65. The van der Waals surface area contributed by atoms with Crippen molar-refractivity contribution >= 4 is 6.29 Å². The fourth-order valence-electron chi connectivity index (χ4n) is 4.33. The molecule has 0 N–H and O–H groups in total. The highest BCUT2D eigenvalue weighted by molar-refractivity contribution is 5.86. The minimum absolute atomic E-state index is 0.250. The number of aldehydes is 1. The van der Waals surface area contributed by atoms with Gasteiger partial charge in [-0.25, -0.2) is 0 Å². The fraction of sp³-hybridized carbons (Fsp3) is 0.346. The van der Waals surface area contributed by atoms with E-state index >= 15 is 0 Å². The van der Waals surface area contributed by atoms with Crippen LogP contribution in [-0.2, 0) is 10.2 Å². The monoisotopic (exact) mass is 358 g/mol. The zero-order valence-electron chi connectivity index (χ0n) is 16.6. The van der Waals surface area contributed by atoms with E-state index in [4.69, 9.17) is 0 Å². The predicted octanol–water partition coefficient (Wildman–Crippen LogP) is 6.79. The molecule has 1 heteroatoms. The number of allylic oxidation sites excluding steroid dienone is 4. The van der Waals surface area contributed by atoms with Gasteiger partial charge in [0.1, 0.15) is 6.29 Å².